The summed E-state index contributed by atoms with van der Waals surface area (Å²) in [5, 5.41) is 11.3. The zero-order valence-corrected chi connectivity index (χ0v) is 13.4. The average Bonchev–Trinajstić information content (AvgIpc) is 2.55. The summed E-state index contributed by atoms with van der Waals surface area (Å²) in [6.45, 7) is 3.73. The second-order valence-electron chi connectivity index (χ2n) is 4.76. The molecule has 23 heavy (non-hydrogen) atoms. The number of nitriles is 1. The van der Waals surface area contributed by atoms with Crippen molar-refractivity contribution in [2.75, 3.05) is 20.3 Å². The Hall–Kier alpha value is -2.59. The van der Waals surface area contributed by atoms with Crippen LogP contribution in [0.5, 0.6) is 5.75 Å². The third-order valence-corrected chi connectivity index (χ3v) is 2.90. The van der Waals surface area contributed by atoms with Crippen LogP contribution in [0.25, 0.3) is 0 Å². The second kappa shape index (κ2) is 9.43. The van der Waals surface area contributed by atoms with Gasteiger partial charge in [0.05, 0.1) is 18.2 Å². The van der Waals surface area contributed by atoms with Crippen molar-refractivity contribution < 1.29 is 23.8 Å². The number of hydrogen-bond acceptors (Lipinski definition) is 6. The summed E-state index contributed by atoms with van der Waals surface area (Å²) in [5.41, 5.74) is 0.494. The van der Waals surface area contributed by atoms with E-state index in [0.29, 0.717) is 24.5 Å². The number of carbonyl (C=O) groups excluding carboxylic acids is 2. The molecule has 1 amide bonds. The standard InChI is InChI=1S/C16H20N2O5/c1-11(15(19)18-8-9-21-3)23-16(20)12(2)22-14-6-4-13(10-17)5-7-14/h4-7,11-12H,8-9H2,1-3H3,(H,18,19)/t11-,12+/m1/s1. The fourth-order valence-electron chi connectivity index (χ4n) is 1.60. The van der Waals surface area contributed by atoms with Crippen LogP contribution in [0.2, 0.25) is 0 Å². The number of esters is 1. The maximum Gasteiger partial charge on any atom is 0.347 e. The Morgan fingerprint density at radius 1 is 1.22 bits per heavy atom. The van der Waals surface area contributed by atoms with Gasteiger partial charge in [-0.1, -0.05) is 0 Å². The summed E-state index contributed by atoms with van der Waals surface area (Å²) in [4.78, 5) is 23.6. The van der Waals surface area contributed by atoms with Crippen LogP contribution in [0.1, 0.15) is 19.4 Å². The van der Waals surface area contributed by atoms with Crippen LogP contribution in [0.4, 0.5) is 0 Å². The molecule has 1 N–H and O–H groups in total. The summed E-state index contributed by atoms with van der Waals surface area (Å²) in [7, 11) is 1.53. The number of hydrogen-bond donors (Lipinski definition) is 1. The summed E-state index contributed by atoms with van der Waals surface area (Å²) >= 11 is 0. The first-order valence-electron chi connectivity index (χ1n) is 7.12. The predicted octanol–water partition coefficient (Wildman–Crippen LogP) is 1.02. The van der Waals surface area contributed by atoms with Crippen LogP contribution in [-0.2, 0) is 19.1 Å². The van der Waals surface area contributed by atoms with Gasteiger partial charge in [0.2, 0.25) is 0 Å². The average molecular weight is 320 g/mol. The third-order valence-electron chi connectivity index (χ3n) is 2.90. The quantitative estimate of drug-likeness (QED) is 0.567. The van der Waals surface area contributed by atoms with E-state index in [4.69, 9.17) is 19.5 Å². The zero-order valence-electron chi connectivity index (χ0n) is 13.4. The van der Waals surface area contributed by atoms with Gasteiger partial charge in [0.25, 0.3) is 5.91 Å². The van der Waals surface area contributed by atoms with E-state index in [1.165, 1.54) is 21.0 Å². The Morgan fingerprint density at radius 3 is 2.43 bits per heavy atom. The van der Waals surface area contributed by atoms with E-state index in [9.17, 15) is 9.59 Å². The molecule has 0 saturated carbocycles. The van der Waals surface area contributed by atoms with Crippen LogP contribution in [0, 0.1) is 11.3 Å². The maximum absolute atomic E-state index is 11.9. The molecular weight excluding hydrogens is 300 g/mol. The number of amides is 1. The fourth-order valence-corrected chi connectivity index (χ4v) is 1.60. The van der Waals surface area contributed by atoms with E-state index in [-0.39, 0.29) is 0 Å². The van der Waals surface area contributed by atoms with E-state index < -0.39 is 24.1 Å². The Bertz CT molecular complexity index is 565. The Morgan fingerprint density at radius 2 is 1.87 bits per heavy atom. The summed E-state index contributed by atoms with van der Waals surface area (Å²) in [6, 6.07) is 8.33. The summed E-state index contributed by atoms with van der Waals surface area (Å²) < 4.78 is 15.3. The number of benzene rings is 1. The highest BCUT2D eigenvalue weighted by Gasteiger charge is 2.23. The normalized spacial score (nSPS) is 12.6. The van der Waals surface area contributed by atoms with Crippen LogP contribution >= 0.6 is 0 Å². The number of methoxy groups -OCH3 is 1. The van der Waals surface area contributed by atoms with Crippen molar-refractivity contribution in [1.82, 2.24) is 5.32 Å². The van der Waals surface area contributed by atoms with E-state index in [2.05, 4.69) is 5.32 Å². The number of nitrogens with zero attached hydrogens (tertiary/aromatic N) is 1. The highest BCUT2D eigenvalue weighted by Crippen LogP contribution is 2.14. The van der Waals surface area contributed by atoms with Gasteiger partial charge in [-0.15, -0.1) is 0 Å². The molecule has 0 aliphatic heterocycles. The van der Waals surface area contributed by atoms with Gasteiger partial charge in [0.1, 0.15) is 5.75 Å². The van der Waals surface area contributed by atoms with E-state index in [1.54, 1.807) is 24.3 Å². The molecule has 1 rings (SSSR count). The summed E-state index contributed by atoms with van der Waals surface area (Å²) in [6.07, 6.45) is -1.80. The van der Waals surface area contributed by atoms with Crippen molar-refractivity contribution in [2.24, 2.45) is 0 Å². The van der Waals surface area contributed by atoms with Crippen molar-refractivity contribution in [2.45, 2.75) is 26.1 Å². The lowest BCUT2D eigenvalue weighted by Crippen LogP contribution is -2.39. The number of rotatable bonds is 8. The molecule has 1 aromatic rings. The van der Waals surface area contributed by atoms with Gasteiger partial charge in [-0.25, -0.2) is 4.79 Å². The summed E-state index contributed by atoms with van der Waals surface area (Å²) in [5.74, 6) is -0.615. The van der Waals surface area contributed by atoms with Gasteiger partial charge in [-0.2, -0.15) is 5.26 Å². The first-order valence-corrected chi connectivity index (χ1v) is 7.12. The van der Waals surface area contributed by atoms with Gasteiger partial charge in [-0.3, -0.25) is 4.79 Å². The van der Waals surface area contributed by atoms with Gasteiger partial charge in [0.15, 0.2) is 12.2 Å². The molecule has 0 aliphatic rings. The molecule has 0 fully saturated rings. The smallest absolute Gasteiger partial charge is 0.347 e. The molecule has 0 spiro atoms. The molecule has 0 bridgehead atoms. The number of carbonyl (C=O) groups is 2. The Balaban J connectivity index is 2.46. The van der Waals surface area contributed by atoms with Crippen molar-refractivity contribution in [3.8, 4) is 11.8 Å². The minimum atomic E-state index is -0.925. The van der Waals surface area contributed by atoms with Crippen molar-refractivity contribution in [1.29, 1.82) is 5.26 Å². The van der Waals surface area contributed by atoms with Gasteiger partial charge in [-0.05, 0) is 38.1 Å². The van der Waals surface area contributed by atoms with Crippen LogP contribution < -0.4 is 10.1 Å². The Kier molecular flexibility index (Phi) is 7.57. The molecule has 0 heterocycles. The van der Waals surface area contributed by atoms with Gasteiger partial charge < -0.3 is 19.5 Å². The van der Waals surface area contributed by atoms with E-state index in [1.807, 2.05) is 6.07 Å². The molecule has 7 nitrogen and oxygen atoms in total. The Labute approximate surface area is 135 Å². The van der Waals surface area contributed by atoms with E-state index in [0.717, 1.165) is 0 Å². The molecule has 2 atom stereocenters. The molecule has 1 aromatic carbocycles. The predicted molar refractivity (Wildman–Crippen MR) is 81.7 cm³/mol. The zero-order chi connectivity index (χ0) is 17.2. The largest absolute Gasteiger partial charge is 0.479 e. The van der Waals surface area contributed by atoms with Gasteiger partial charge >= 0.3 is 5.97 Å². The topological polar surface area (TPSA) is 97.7 Å². The molecule has 0 unspecified atom stereocenters. The number of nitrogens with one attached hydrogen (secondary N) is 1. The van der Waals surface area contributed by atoms with E-state index >= 15 is 0 Å². The van der Waals surface area contributed by atoms with Gasteiger partial charge in [0, 0.05) is 13.7 Å². The first-order chi connectivity index (χ1) is 11.0. The minimum absolute atomic E-state index is 0.342. The SMILES string of the molecule is COCCNC(=O)[C@@H](C)OC(=O)[C@H](C)Oc1ccc(C#N)cc1. The van der Waals surface area contributed by atoms with Crippen molar-refractivity contribution >= 4 is 11.9 Å². The molecule has 0 aliphatic carbocycles. The fraction of sp³-hybridized carbons (Fsp3) is 0.438. The molecule has 0 aromatic heterocycles. The lowest BCUT2D eigenvalue weighted by Gasteiger charge is -2.17. The molecule has 124 valence electrons. The highest BCUT2D eigenvalue weighted by atomic mass is 16.6. The first kappa shape index (κ1) is 18.5. The number of ether oxygens (including phenoxy) is 3. The molecule has 0 saturated heterocycles. The molecule has 0 radical (unpaired) electrons. The van der Waals surface area contributed by atoms with Crippen molar-refractivity contribution in [3.05, 3.63) is 29.8 Å². The van der Waals surface area contributed by atoms with Crippen molar-refractivity contribution in [3.63, 3.8) is 0 Å². The lowest BCUT2D eigenvalue weighted by molar-refractivity contribution is -0.160. The third kappa shape index (κ3) is 6.36. The molecular formula is C16H20N2O5. The second-order valence-corrected chi connectivity index (χ2v) is 4.76. The highest BCUT2D eigenvalue weighted by molar-refractivity contribution is 5.84. The monoisotopic (exact) mass is 320 g/mol. The lowest BCUT2D eigenvalue weighted by atomic mass is 10.2. The minimum Gasteiger partial charge on any atom is -0.479 e. The molecule has 7 heteroatoms. The van der Waals surface area contributed by atoms with Crippen LogP contribution in [-0.4, -0.2) is 44.3 Å². The van der Waals surface area contributed by atoms with Crippen LogP contribution in [0.3, 0.4) is 0 Å². The van der Waals surface area contributed by atoms with Crippen LogP contribution in [0.15, 0.2) is 24.3 Å². The maximum atomic E-state index is 11.9.